The zero-order chi connectivity index (χ0) is 24.2. The van der Waals surface area contributed by atoms with Crippen molar-refractivity contribution >= 4 is 45.0 Å². The van der Waals surface area contributed by atoms with Gasteiger partial charge in [-0.05, 0) is 43.2 Å². The molecule has 0 radical (unpaired) electrons. The van der Waals surface area contributed by atoms with Gasteiger partial charge in [0.1, 0.15) is 17.0 Å². The smallest absolute Gasteiger partial charge is 0.453 e. The Morgan fingerprint density at radius 2 is 1.74 bits per heavy atom. The van der Waals surface area contributed by atoms with Gasteiger partial charge in [-0.15, -0.1) is 15.3 Å². The summed E-state index contributed by atoms with van der Waals surface area (Å²) in [5.74, 6) is -1.09. The summed E-state index contributed by atoms with van der Waals surface area (Å²) in [7, 11) is 0. The standard InChI is InChI=1S/C24H19F3N6O2/c25-24(26,27)23-30-29-20-7-8-21(31-33(20)23)32-11-9-14(10-12-32)22(34)28-15-5-6-17-16-3-1-2-4-18(16)35-19(17)13-15/h1-8,13-14H,9-12H2,(H,28,34). The second kappa shape index (κ2) is 7.97. The molecular formula is C24H19F3N6O2. The van der Waals surface area contributed by atoms with Gasteiger partial charge in [0.15, 0.2) is 5.65 Å². The molecule has 0 bridgehead atoms. The predicted octanol–water partition coefficient (Wildman–Crippen LogP) is 4.90. The molecule has 0 atom stereocenters. The highest BCUT2D eigenvalue weighted by Crippen LogP contribution is 2.31. The zero-order valence-corrected chi connectivity index (χ0v) is 18.3. The Balaban J connectivity index is 1.14. The number of nitrogens with zero attached hydrogens (tertiary/aromatic N) is 5. The lowest BCUT2D eigenvalue weighted by molar-refractivity contribution is -0.146. The fourth-order valence-corrected chi connectivity index (χ4v) is 4.54. The number of furan rings is 1. The molecule has 5 aromatic rings. The third kappa shape index (κ3) is 3.82. The number of amides is 1. The lowest BCUT2D eigenvalue weighted by atomic mass is 9.95. The van der Waals surface area contributed by atoms with Crippen molar-refractivity contribution < 1.29 is 22.4 Å². The SMILES string of the molecule is O=C(Nc1ccc2c(c1)oc1ccccc12)C1CCN(c2ccc3nnc(C(F)(F)F)n3n2)CC1. The van der Waals surface area contributed by atoms with Gasteiger partial charge in [-0.3, -0.25) is 4.79 Å². The van der Waals surface area contributed by atoms with Crippen molar-refractivity contribution in [3.8, 4) is 0 Å². The first-order valence-electron chi connectivity index (χ1n) is 11.1. The van der Waals surface area contributed by atoms with Crippen molar-refractivity contribution in [2.75, 3.05) is 23.3 Å². The van der Waals surface area contributed by atoms with Gasteiger partial charge in [0.2, 0.25) is 5.91 Å². The van der Waals surface area contributed by atoms with Gasteiger partial charge in [-0.1, -0.05) is 18.2 Å². The number of nitrogens with one attached hydrogen (secondary N) is 1. The summed E-state index contributed by atoms with van der Waals surface area (Å²) < 4.78 is 46.1. The van der Waals surface area contributed by atoms with Gasteiger partial charge < -0.3 is 14.6 Å². The van der Waals surface area contributed by atoms with Gasteiger partial charge in [-0.2, -0.15) is 17.7 Å². The Hall–Kier alpha value is -4.15. The van der Waals surface area contributed by atoms with Gasteiger partial charge in [0, 0.05) is 41.5 Å². The molecule has 1 aliphatic heterocycles. The maximum atomic E-state index is 13.2. The van der Waals surface area contributed by atoms with Gasteiger partial charge >= 0.3 is 6.18 Å². The number of carbonyl (C=O) groups is 1. The summed E-state index contributed by atoms with van der Waals surface area (Å²) in [6.07, 6.45) is -3.55. The van der Waals surface area contributed by atoms with Crippen LogP contribution in [-0.4, -0.2) is 38.8 Å². The Labute approximate surface area is 196 Å². The van der Waals surface area contributed by atoms with Crippen LogP contribution in [0.25, 0.3) is 27.6 Å². The van der Waals surface area contributed by atoms with Gasteiger partial charge in [0.05, 0.1) is 0 Å². The van der Waals surface area contributed by atoms with Crippen LogP contribution in [0.4, 0.5) is 24.7 Å². The van der Waals surface area contributed by atoms with Crippen LogP contribution < -0.4 is 10.2 Å². The van der Waals surface area contributed by atoms with Crippen molar-refractivity contribution in [2.24, 2.45) is 5.92 Å². The third-order valence-corrected chi connectivity index (χ3v) is 6.34. The minimum absolute atomic E-state index is 0.0248. The number of alkyl halides is 3. The van der Waals surface area contributed by atoms with E-state index in [9.17, 15) is 18.0 Å². The fraction of sp³-hybridized carbons (Fsp3) is 0.250. The van der Waals surface area contributed by atoms with E-state index in [2.05, 4.69) is 20.6 Å². The summed E-state index contributed by atoms with van der Waals surface area (Å²) in [5.41, 5.74) is 2.17. The number of halogens is 3. The normalized spacial score (nSPS) is 15.3. The Kier molecular flexibility index (Phi) is 4.87. The number of benzene rings is 2. The van der Waals surface area contributed by atoms with Crippen LogP contribution in [0.3, 0.4) is 0 Å². The molecule has 11 heteroatoms. The van der Waals surface area contributed by atoms with Gasteiger partial charge in [0.25, 0.3) is 5.82 Å². The topological polar surface area (TPSA) is 88.6 Å². The van der Waals surface area contributed by atoms with Crippen molar-refractivity contribution in [3.05, 3.63) is 60.4 Å². The highest BCUT2D eigenvalue weighted by atomic mass is 19.4. The minimum atomic E-state index is -4.65. The molecule has 1 saturated heterocycles. The van der Waals surface area contributed by atoms with E-state index in [-0.39, 0.29) is 17.5 Å². The summed E-state index contributed by atoms with van der Waals surface area (Å²) in [6, 6.07) is 16.4. The monoisotopic (exact) mass is 480 g/mol. The summed E-state index contributed by atoms with van der Waals surface area (Å²) in [5, 5.41) is 15.8. The molecule has 3 aromatic heterocycles. The van der Waals surface area contributed by atoms with Crippen LogP contribution in [0.5, 0.6) is 0 Å². The molecule has 0 unspecified atom stereocenters. The number of aromatic nitrogens is 4. The molecule has 35 heavy (non-hydrogen) atoms. The molecule has 8 nitrogen and oxygen atoms in total. The van der Waals surface area contributed by atoms with E-state index in [1.54, 1.807) is 6.07 Å². The van der Waals surface area contributed by atoms with Crippen LogP contribution in [0.15, 0.2) is 59.0 Å². The van der Waals surface area contributed by atoms with Crippen molar-refractivity contribution in [3.63, 3.8) is 0 Å². The Morgan fingerprint density at radius 1 is 0.971 bits per heavy atom. The number of hydrogen-bond donors (Lipinski definition) is 1. The first kappa shape index (κ1) is 21.4. The number of piperidine rings is 1. The molecule has 178 valence electrons. The molecule has 1 aliphatic rings. The van der Waals surface area contributed by atoms with Crippen LogP contribution in [-0.2, 0) is 11.0 Å². The van der Waals surface area contributed by atoms with E-state index in [4.69, 9.17) is 4.42 Å². The zero-order valence-electron chi connectivity index (χ0n) is 18.3. The lowest BCUT2D eigenvalue weighted by Crippen LogP contribution is -2.38. The predicted molar refractivity (Wildman–Crippen MR) is 123 cm³/mol. The first-order valence-corrected chi connectivity index (χ1v) is 11.1. The van der Waals surface area contributed by atoms with E-state index in [0.717, 1.165) is 16.4 Å². The van der Waals surface area contributed by atoms with Crippen molar-refractivity contribution in [1.29, 1.82) is 0 Å². The third-order valence-electron chi connectivity index (χ3n) is 6.34. The first-order chi connectivity index (χ1) is 16.9. The second-order valence-corrected chi connectivity index (χ2v) is 8.54. The van der Waals surface area contributed by atoms with Crippen LogP contribution >= 0.6 is 0 Å². The summed E-state index contributed by atoms with van der Waals surface area (Å²) in [4.78, 5) is 14.8. The van der Waals surface area contributed by atoms with E-state index in [1.165, 1.54) is 6.07 Å². The average Bonchev–Trinajstić information content (AvgIpc) is 3.44. The molecule has 1 fully saturated rings. The summed E-state index contributed by atoms with van der Waals surface area (Å²) >= 11 is 0. The molecule has 1 amide bonds. The number of carbonyl (C=O) groups excluding carboxylic acids is 1. The number of hydrogen-bond acceptors (Lipinski definition) is 6. The number of anilines is 2. The maximum absolute atomic E-state index is 13.2. The number of para-hydroxylation sites is 1. The highest BCUT2D eigenvalue weighted by Gasteiger charge is 2.38. The molecular weight excluding hydrogens is 461 g/mol. The lowest BCUT2D eigenvalue weighted by Gasteiger charge is -2.32. The van der Waals surface area contributed by atoms with E-state index in [1.807, 2.05) is 47.4 Å². The maximum Gasteiger partial charge on any atom is 0.453 e. The fourth-order valence-electron chi connectivity index (χ4n) is 4.54. The van der Waals surface area contributed by atoms with Crippen LogP contribution in [0.2, 0.25) is 0 Å². The van der Waals surface area contributed by atoms with Crippen LogP contribution in [0.1, 0.15) is 18.7 Å². The van der Waals surface area contributed by atoms with Gasteiger partial charge in [-0.25, -0.2) is 0 Å². The highest BCUT2D eigenvalue weighted by molar-refractivity contribution is 6.06. The van der Waals surface area contributed by atoms with Crippen molar-refractivity contribution in [2.45, 2.75) is 19.0 Å². The molecule has 4 heterocycles. The van der Waals surface area contributed by atoms with E-state index >= 15 is 0 Å². The van der Waals surface area contributed by atoms with Crippen LogP contribution in [0, 0.1) is 5.92 Å². The minimum Gasteiger partial charge on any atom is -0.456 e. The number of rotatable bonds is 3. The van der Waals surface area contributed by atoms with E-state index < -0.39 is 12.0 Å². The Morgan fingerprint density at radius 3 is 2.54 bits per heavy atom. The van der Waals surface area contributed by atoms with Crippen molar-refractivity contribution in [1.82, 2.24) is 19.8 Å². The quantitative estimate of drug-likeness (QED) is 0.395. The molecule has 0 spiro atoms. The Bertz CT molecular complexity index is 1570. The molecule has 6 rings (SSSR count). The molecule has 0 aliphatic carbocycles. The molecule has 0 saturated carbocycles. The largest absolute Gasteiger partial charge is 0.456 e. The molecule has 2 aromatic carbocycles. The van der Waals surface area contributed by atoms with E-state index in [0.29, 0.717) is 47.5 Å². The number of fused-ring (bicyclic) bond motifs is 4. The average molecular weight is 480 g/mol. The second-order valence-electron chi connectivity index (χ2n) is 8.54. The molecule has 1 N–H and O–H groups in total. The summed E-state index contributed by atoms with van der Waals surface area (Å²) in [6.45, 7) is 0.978.